The van der Waals surface area contributed by atoms with Crippen molar-refractivity contribution >= 4 is 12.0 Å². The summed E-state index contributed by atoms with van der Waals surface area (Å²) in [4.78, 5) is 30.7. The predicted molar refractivity (Wildman–Crippen MR) is 89.5 cm³/mol. The van der Waals surface area contributed by atoms with Gasteiger partial charge in [-0.25, -0.2) is 4.79 Å². The predicted octanol–water partition coefficient (Wildman–Crippen LogP) is 2.31. The number of ether oxygens (including phenoxy) is 1. The second-order valence-electron chi connectivity index (χ2n) is 7.67. The van der Waals surface area contributed by atoms with Crippen LogP contribution in [0.4, 0.5) is 4.79 Å². The summed E-state index contributed by atoms with van der Waals surface area (Å²) < 4.78 is 5.44. The molecule has 3 rings (SSSR count). The van der Waals surface area contributed by atoms with E-state index in [0.29, 0.717) is 32.5 Å². The molecule has 2 amide bonds. The molecule has 0 aromatic carbocycles. The first-order valence-corrected chi connectivity index (χ1v) is 8.48. The number of hydrogen-bond donors (Lipinski definition) is 1. The van der Waals surface area contributed by atoms with E-state index >= 15 is 0 Å². The van der Waals surface area contributed by atoms with Crippen LogP contribution in [0.2, 0.25) is 0 Å². The maximum absolute atomic E-state index is 12.6. The zero-order valence-electron chi connectivity index (χ0n) is 14.5. The molecule has 6 nitrogen and oxygen atoms in total. The summed E-state index contributed by atoms with van der Waals surface area (Å²) >= 11 is 0. The van der Waals surface area contributed by atoms with E-state index in [1.807, 2.05) is 39.1 Å². The Morgan fingerprint density at radius 3 is 2.67 bits per heavy atom. The highest BCUT2D eigenvalue weighted by molar-refractivity contribution is 5.87. The van der Waals surface area contributed by atoms with Crippen LogP contribution in [0.15, 0.2) is 24.5 Å². The molecular weight excluding hydrogens is 306 g/mol. The molecule has 0 radical (unpaired) electrons. The number of pyridine rings is 1. The molecule has 1 spiro atoms. The number of hydrogen-bond acceptors (Lipinski definition) is 4. The van der Waals surface area contributed by atoms with Crippen LogP contribution < -0.4 is 5.32 Å². The Hall–Kier alpha value is -2.11. The maximum atomic E-state index is 12.6. The lowest BCUT2D eigenvalue weighted by Gasteiger charge is -2.41. The zero-order valence-corrected chi connectivity index (χ0v) is 14.5. The van der Waals surface area contributed by atoms with E-state index in [1.165, 1.54) is 0 Å². The van der Waals surface area contributed by atoms with Gasteiger partial charge in [0.05, 0.1) is 5.41 Å². The number of aromatic nitrogens is 1. The summed E-state index contributed by atoms with van der Waals surface area (Å²) in [5.41, 5.74) is 0.137. The first-order chi connectivity index (χ1) is 11.3. The second-order valence-corrected chi connectivity index (χ2v) is 7.67. The van der Waals surface area contributed by atoms with Crippen molar-refractivity contribution < 1.29 is 14.3 Å². The quantitative estimate of drug-likeness (QED) is 0.857. The smallest absolute Gasteiger partial charge is 0.410 e. The minimum atomic E-state index is -0.505. The fraction of sp³-hybridized carbons (Fsp3) is 0.611. The largest absolute Gasteiger partial charge is 0.444 e. The zero-order chi connectivity index (χ0) is 17.4. The average molecular weight is 331 g/mol. The van der Waals surface area contributed by atoms with Crippen LogP contribution in [0.5, 0.6) is 0 Å². The highest BCUT2D eigenvalue weighted by Crippen LogP contribution is 2.47. The minimum absolute atomic E-state index is 0.0974. The van der Waals surface area contributed by atoms with Crippen LogP contribution in [0, 0.1) is 5.41 Å². The summed E-state index contributed by atoms with van der Waals surface area (Å²) in [5, 5.41) is 3.01. The molecule has 2 fully saturated rings. The molecule has 1 aromatic rings. The van der Waals surface area contributed by atoms with Crippen molar-refractivity contribution in [1.82, 2.24) is 15.2 Å². The highest BCUT2D eigenvalue weighted by atomic mass is 16.6. The van der Waals surface area contributed by atoms with Crippen molar-refractivity contribution in [3.8, 4) is 0 Å². The van der Waals surface area contributed by atoms with Gasteiger partial charge < -0.3 is 15.0 Å². The van der Waals surface area contributed by atoms with Gasteiger partial charge in [-0.2, -0.15) is 0 Å². The lowest BCUT2D eigenvalue weighted by Crippen LogP contribution is -2.49. The fourth-order valence-corrected chi connectivity index (χ4v) is 3.73. The fourth-order valence-electron chi connectivity index (χ4n) is 3.73. The van der Waals surface area contributed by atoms with Crippen molar-refractivity contribution in [2.75, 3.05) is 19.6 Å². The maximum Gasteiger partial charge on any atom is 0.410 e. The molecule has 0 saturated carbocycles. The van der Waals surface area contributed by atoms with Crippen LogP contribution in [-0.2, 0) is 9.53 Å². The molecule has 2 aliphatic heterocycles. The van der Waals surface area contributed by atoms with Crippen LogP contribution in [-0.4, -0.2) is 47.1 Å². The molecule has 0 bridgehead atoms. The van der Waals surface area contributed by atoms with E-state index in [2.05, 4.69) is 10.3 Å². The molecule has 0 unspecified atom stereocenters. The minimum Gasteiger partial charge on any atom is -0.444 e. The Labute approximate surface area is 142 Å². The lowest BCUT2D eigenvalue weighted by molar-refractivity contribution is -0.130. The third-order valence-corrected chi connectivity index (χ3v) is 4.98. The Morgan fingerprint density at radius 2 is 2.08 bits per heavy atom. The van der Waals surface area contributed by atoms with Gasteiger partial charge in [-0.1, -0.05) is 6.07 Å². The second kappa shape index (κ2) is 6.07. The summed E-state index contributed by atoms with van der Waals surface area (Å²) in [5.74, 6) is 0.208. The standard InChI is InChI=1S/C18H25N3O3/c1-17(2,3)24-16(23)21-9-6-18(7-10-21)14(12-20-15(18)22)13-5-4-8-19-11-13/h4-5,8,11,14H,6-7,9-10,12H2,1-3H3,(H,20,22)/t14-/m1/s1. The van der Waals surface area contributed by atoms with Gasteiger partial charge in [0, 0.05) is 37.9 Å². The molecule has 0 aliphatic carbocycles. The molecule has 1 atom stereocenters. The summed E-state index contributed by atoms with van der Waals surface area (Å²) in [6, 6.07) is 3.93. The number of likely N-dealkylation sites (tertiary alicyclic amines) is 1. The Morgan fingerprint density at radius 1 is 1.38 bits per heavy atom. The number of nitrogens with one attached hydrogen (secondary N) is 1. The third-order valence-electron chi connectivity index (χ3n) is 4.98. The first-order valence-electron chi connectivity index (χ1n) is 8.48. The molecule has 2 saturated heterocycles. The van der Waals surface area contributed by atoms with Gasteiger partial charge in [0.25, 0.3) is 0 Å². The van der Waals surface area contributed by atoms with Crippen molar-refractivity contribution in [2.24, 2.45) is 5.41 Å². The van der Waals surface area contributed by atoms with Crippen molar-refractivity contribution in [1.29, 1.82) is 0 Å². The summed E-state index contributed by atoms with van der Waals surface area (Å²) in [7, 11) is 0. The monoisotopic (exact) mass is 331 g/mol. The highest BCUT2D eigenvalue weighted by Gasteiger charge is 2.52. The van der Waals surface area contributed by atoms with Gasteiger partial charge in [-0.05, 0) is 45.2 Å². The van der Waals surface area contributed by atoms with Gasteiger partial charge in [0.2, 0.25) is 5.91 Å². The van der Waals surface area contributed by atoms with E-state index in [9.17, 15) is 9.59 Å². The van der Waals surface area contributed by atoms with E-state index in [-0.39, 0.29) is 17.9 Å². The topological polar surface area (TPSA) is 71.5 Å². The van der Waals surface area contributed by atoms with E-state index in [0.717, 1.165) is 5.56 Å². The normalized spacial score (nSPS) is 23.2. The van der Waals surface area contributed by atoms with Gasteiger partial charge in [0.15, 0.2) is 0 Å². The molecule has 24 heavy (non-hydrogen) atoms. The van der Waals surface area contributed by atoms with E-state index in [4.69, 9.17) is 4.74 Å². The van der Waals surface area contributed by atoms with Gasteiger partial charge in [-0.15, -0.1) is 0 Å². The van der Waals surface area contributed by atoms with Gasteiger partial charge in [-0.3, -0.25) is 9.78 Å². The van der Waals surface area contributed by atoms with E-state index in [1.54, 1.807) is 11.1 Å². The Bertz CT molecular complexity index is 616. The van der Waals surface area contributed by atoms with E-state index < -0.39 is 11.0 Å². The van der Waals surface area contributed by atoms with Crippen molar-refractivity contribution in [3.63, 3.8) is 0 Å². The first kappa shape index (κ1) is 16.7. The molecule has 6 heteroatoms. The van der Waals surface area contributed by atoms with Crippen LogP contribution in [0.25, 0.3) is 0 Å². The summed E-state index contributed by atoms with van der Waals surface area (Å²) in [6.45, 7) is 7.30. The molecule has 2 aliphatic rings. The van der Waals surface area contributed by atoms with Crippen LogP contribution in [0.1, 0.15) is 45.1 Å². The molecule has 3 heterocycles. The van der Waals surface area contributed by atoms with Gasteiger partial charge >= 0.3 is 6.09 Å². The van der Waals surface area contributed by atoms with Gasteiger partial charge in [0.1, 0.15) is 5.60 Å². The average Bonchev–Trinajstić information content (AvgIpc) is 2.84. The number of nitrogens with zero attached hydrogens (tertiary/aromatic N) is 2. The number of carbonyl (C=O) groups is 2. The molecule has 130 valence electrons. The number of carbonyl (C=O) groups excluding carboxylic acids is 2. The van der Waals surface area contributed by atoms with Crippen molar-refractivity contribution in [3.05, 3.63) is 30.1 Å². The SMILES string of the molecule is CC(C)(C)OC(=O)N1CCC2(CC1)C(=O)NC[C@@H]2c1cccnc1. The Kier molecular flexibility index (Phi) is 4.24. The third kappa shape index (κ3) is 3.09. The molecule has 1 aromatic heterocycles. The van der Waals surface area contributed by atoms with Crippen LogP contribution >= 0.6 is 0 Å². The number of piperidine rings is 1. The number of amides is 2. The Balaban J connectivity index is 1.73. The van der Waals surface area contributed by atoms with Crippen LogP contribution in [0.3, 0.4) is 0 Å². The lowest BCUT2D eigenvalue weighted by atomic mass is 9.68. The number of rotatable bonds is 1. The summed E-state index contributed by atoms with van der Waals surface area (Å²) in [6.07, 6.45) is 4.59. The molecule has 1 N–H and O–H groups in total. The molecular formula is C18H25N3O3. The van der Waals surface area contributed by atoms with Crippen molar-refractivity contribution in [2.45, 2.75) is 45.1 Å².